The highest BCUT2D eigenvalue weighted by Crippen LogP contribution is 2.16. The van der Waals surface area contributed by atoms with Gasteiger partial charge in [-0.2, -0.15) is 11.8 Å². The molecule has 0 fully saturated rings. The predicted molar refractivity (Wildman–Crippen MR) is 87.0 cm³/mol. The molecule has 0 aliphatic heterocycles. The summed E-state index contributed by atoms with van der Waals surface area (Å²) in [7, 11) is 7.85. The number of hydroxylamine groups is 1. The van der Waals surface area contributed by atoms with E-state index in [2.05, 4.69) is 10.2 Å². The van der Waals surface area contributed by atoms with E-state index in [1.165, 1.54) is 6.20 Å². The third kappa shape index (κ3) is 6.79. The summed E-state index contributed by atoms with van der Waals surface area (Å²) in [5, 5.41) is 11.7. The number of hydrogen-bond acceptors (Lipinski definition) is 7. The standard InChI is InChI=1S/C14H26N4O2S/c1-15-14(9-16-19)18(4)7-8-21-11-13-6-5-12(20-13)10-17(2)3/h5-6,9,15-16,19H,7-8,10-11H2,1-4H3/b14-9+. The molecule has 1 aromatic heterocycles. The molecule has 1 rings (SSSR count). The number of rotatable bonds is 10. The normalized spacial score (nSPS) is 11.8. The smallest absolute Gasteiger partial charge is 0.119 e. The quantitative estimate of drug-likeness (QED) is 0.447. The van der Waals surface area contributed by atoms with Crippen LogP contribution in [0.5, 0.6) is 0 Å². The van der Waals surface area contributed by atoms with Crippen molar-refractivity contribution < 1.29 is 9.62 Å². The first-order valence-corrected chi connectivity index (χ1v) is 8.01. The van der Waals surface area contributed by atoms with E-state index < -0.39 is 0 Å². The van der Waals surface area contributed by atoms with Gasteiger partial charge in [-0.25, -0.2) is 0 Å². The van der Waals surface area contributed by atoms with Gasteiger partial charge in [0.1, 0.15) is 17.3 Å². The Bertz CT molecular complexity index is 434. The fourth-order valence-corrected chi connectivity index (χ4v) is 2.73. The minimum Gasteiger partial charge on any atom is -0.464 e. The van der Waals surface area contributed by atoms with Gasteiger partial charge in [0.05, 0.1) is 18.5 Å². The average molecular weight is 314 g/mol. The summed E-state index contributed by atoms with van der Waals surface area (Å²) in [4.78, 5) is 4.13. The van der Waals surface area contributed by atoms with Crippen molar-refractivity contribution in [3.05, 3.63) is 35.7 Å². The summed E-state index contributed by atoms with van der Waals surface area (Å²) in [6, 6.07) is 4.08. The van der Waals surface area contributed by atoms with Crippen LogP contribution in [0.4, 0.5) is 0 Å². The zero-order valence-corrected chi connectivity index (χ0v) is 14.0. The van der Waals surface area contributed by atoms with E-state index >= 15 is 0 Å². The van der Waals surface area contributed by atoms with Crippen molar-refractivity contribution in [2.24, 2.45) is 0 Å². The fraction of sp³-hybridized carbons (Fsp3) is 0.571. The van der Waals surface area contributed by atoms with E-state index in [0.29, 0.717) is 0 Å². The second kappa shape index (κ2) is 9.59. The highest BCUT2D eigenvalue weighted by molar-refractivity contribution is 7.98. The van der Waals surface area contributed by atoms with Gasteiger partial charge in [-0.1, -0.05) is 0 Å². The van der Waals surface area contributed by atoms with Crippen molar-refractivity contribution in [1.82, 2.24) is 20.6 Å². The zero-order valence-electron chi connectivity index (χ0n) is 13.2. The van der Waals surface area contributed by atoms with Crippen molar-refractivity contribution in [2.45, 2.75) is 12.3 Å². The summed E-state index contributed by atoms with van der Waals surface area (Å²) >= 11 is 1.83. The largest absolute Gasteiger partial charge is 0.464 e. The summed E-state index contributed by atoms with van der Waals surface area (Å²) < 4.78 is 5.77. The van der Waals surface area contributed by atoms with E-state index in [1.807, 2.05) is 62.5 Å². The maximum atomic E-state index is 8.69. The van der Waals surface area contributed by atoms with E-state index in [1.54, 1.807) is 0 Å². The molecule has 3 N–H and O–H groups in total. The molecule has 0 saturated carbocycles. The van der Waals surface area contributed by atoms with Crippen molar-refractivity contribution in [2.75, 3.05) is 40.5 Å². The second-order valence-corrected chi connectivity index (χ2v) is 6.09. The van der Waals surface area contributed by atoms with Crippen LogP contribution in [0.2, 0.25) is 0 Å². The molecular weight excluding hydrogens is 288 g/mol. The SMILES string of the molecule is CN/C(=C\NO)N(C)CCSCc1ccc(CN(C)C)o1. The molecular formula is C14H26N4O2S. The molecule has 21 heavy (non-hydrogen) atoms. The van der Waals surface area contributed by atoms with Crippen LogP contribution < -0.4 is 10.8 Å². The Hall–Kier alpha value is -1.31. The van der Waals surface area contributed by atoms with Crippen molar-refractivity contribution in [3.63, 3.8) is 0 Å². The van der Waals surface area contributed by atoms with Gasteiger partial charge >= 0.3 is 0 Å². The van der Waals surface area contributed by atoms with Crippen molar-refractivity contribution in [3.8, 4) is 0 Å². The van der Waals surface area contributed by atoms with Crippen LogP contribution in [0, 0.1) is 0 Å². The Morgan fingerprint density at radius 3 is 2.67 bits per heavy atom. The Kier molecular flexibility index (Phi) is 8.11. The predicted octanol–water partition coefficient (Wildman–Crippen LogP) is 1.50. The molecule has 120 valence electrons. The number of thioether (sulfide) groups is 1. The summed E-state index contributed by atoms with van der Waals surface area (Å²) in [6.45, 7) is 1.71. The molecule has 6 nitrogen and oxygen atoms in total. The van der Waals surface area contributed by atoms with Gasteiger partial charge in [-0.05, 0) is 26.2 Å². The van der Waals surface area contributed by atoms with Crippen LogP contribution in [0.15, 0.2) is 28.6 Å². The van der Waals surface area contributed by atoms with E-state index in [4.69, 9.17) is 9.62 Å². The Balaban J connectivity index is 2.27. The number of nitrogens with zero attached hydrogens (tertiary/aromatic N) is 2. The zero-order chi connectivity index (χ0) is 15.7. The average Bonchev–Trinajstić information content (AvgIpc) is 2.87. The number of hydrogen-bond donors (Lipinski definition) is 3. The fourth-order valence-electron chi connectivity index (χ4n) is 1.83. The van der Waals surface area contributed by atoms with Gasteiger partial charge in [-0.15, -0.1) is 0 Å². The van der Waals surface area contributed by atoms with Crippen LogP contribution in [-0.4, -0.2) is 55.5 Å². The highest BCUT2D eigenvalue weighted by Gasteiger charge is 2.05. The van der Waals surface area contributed by atoms with Gasteiger partial charge in [0, 0.05) is 26.4 Å². The van der Waals surface area contributed by atoms with Crippen LogP contribution >= 0.6 is 11.8 Å². The Labute approximate surface area is 131 Å². The molecule has 0 spiro atoms. The molecule has 0 aliphatic carbocycles. The van der Waals surface area contributed by atoms with Gasteiger partial charge in [0.25, 0.3) is 0 Å². The van der Waals surface area contributed by atoms with Gasteiger partial charge in [-0.3, -0.25) is 10.7 Å². The number of nitrogens with one attached hydrogen (secondary N) is 2. The van der Waals surface area contributed by atoms with Gasteiger partial charge in [0.15, 0.2) is 0 Å². The molecule has 0 unspecified atom stereocenters. The van der Waals surface area contributed by atoms with Gasteiger partial charge in [0.2, 0.25) is 0 Å². The maximum absolute atomic E-state index is 8.69. The van der Waals surface area contributed by atoms with Crippen LogP contribution in [0.25, 0.3) is 0 Å². The second-order valence-electron chi connectivity index (χ2n) is 4.99. The number of furan rings is 1. The molecule has 1 aromatic rings. The van der Waals surface area contributed by atoms with Crippen molar-refractivity contribution in [1.29, 1.82) is 0 Å². The molecule has 0 bridgehead atoms. The lowest BCUT2D eigenvalue weighted by Crippen LogP contribution is -2.29. The summed E-state index contributed by atoms with van der Waals surface area (Å²) in [6.07, 6.45) is 1.52. The third-order valence-electron chi connectivity index (χ3n) is 2.87. The maximum Gasteiger partial charge on any atom is 0.119 e. The first-order chi connectivity index (χ1) is 10.1. The molecule has 0 radical (unpaired) electrons. The van der Waals surface area contributed by atoms with Crippen LogP contribution in [-0.2, 0) is 12.3 Å². The Morgan fingerprint density at radius 2 is 2.05 bits per heavy atom. The molecule has 0 saturated heterocycles. The Morgan fingerprint density at radius 1 is 1.33 bits per heavy atom. The monoisotopic (exact) mass is 314 g/mol. The minimum absolute atomic E-state index is 0.831. The minimum atomic E-state index is 0.831. The summed E-state index contributed by atoms with van der Waals surface area (Å²) in [5.74, 6) is 4.70. The topological polar surface area (TPSA) is 63.9 Å². The first kappa shape index (κ1) is 17.7. The molecule has 0 atom stereocenters. The molecule has 7 heteroatoms. The summed E-state index contributed by atoms with van der Waals surface area (Å²) in [5.41, 5.74) is 2.04. The molecule has 0 amide bonds. The van der Waals surface area contributed by atoms with Gasteiger partial charge < -0.3 is 19.5 Å². The lowest BCUT2D eigenvalue weighted by molar-refractivity contribution is 0.209. The molecule has 1 heterocycles. The highest BCUT2D eigenvalue weighted by atomic mass is 32.2. The third-order valence-corrected chi connectivity index (χ3v) is 3.83. The van der Waals surface area contributed by atoms with E-state index in [9.17, 15) is 0 Å². The molecule has 0 aliphatic rings. The lowest BCUT2D eigenvalue weighted by atomic mass is 10.4. The van der Waals surface area contributed by atoms with E-state index in [0.717, 1.165) is 41.9 Å². The first-order valence-electron chi connectivity index (χ1n) is 6.85. The van der Waals surface area contributed by atoms with E-state index in [-0.39, 0.29) is 0 Å². The lowest BCUT2D eigenvalue weighted by Gasteiger charge is -2.21. The van der Waals surface area contributed by atoms with Crippen LogP contribution in [0.3, 0.4) is 0 Å². The van der Waals surface area contributed by atoms with Crippen LogP contribution in [0.1, 0.15) is 11.5 Å². The van der Waals surface area contributed by atoms with Crippen molar-refractivity contribution >= 4 is 11.8 Å². The molecule has 0 aromatic carbocycles.